The number of carbonyl (C=O) groups is 1. The average Bonchev–Trinajstić information content (AvgIpc) is 3.25. The molecule has 0 unspecified atom stereocenters. The molecule has 1 aromatic heterocycles. The first-order valence-corrected chi connectivity index (χ1v) is 13.1. The molecule has 0 radical (unpaired) electrons. The summed E-state index contributed by atoms with van der Waals surface area (Å²) in [5.41, 5.74) is 3.71. The first kappa shape index (κ1) is 25.1. The molecule has 0 spiro atoms. The average molecular weight is 502 g/mol. The van der Waals surface area contributed by atoms with Crippen molar-refractivity contribution in [2.24, 2.45) is 0 Å². The zero-order valence-electron chi connectivity index (χ0n) is 20.4. The maximum Gasteiger partial charge on any atom is 0.265 e. The molecule has 1 N–H and O–H groups in total. The number of para-hydroxylation sites is 1. The van der Waals surface area contributed by atoms with E-state index in [1.807, 2.05) is 18.2 Å². The number of sulfonamides is 1. The first-order chi connectivity index (χ1) is 16.7. The minimum absolute atomic E-state index is 0.107. The Balaban J connectivity index is 1.52. The summed E-state index contributed by atoms with van der Waals surface area (Å²) in [5.74, 6) is 0.118. The second-order valence-corrected chi connectivity index (χ2v) is 11.0. The molecule has 2 aromatic carbocycles. The molecular formula is C24H31N5O5S. The zero-order chi connectivity index (χ0) is 25.2. The molecule has 0 aliphatic carbocycles. The lowest BCUT2D eigenvalue weighted by molar-refractivity contribution is -0.121. The van der Waals surface area contributed by atoms with Gasteiger partial charge in [-0.1, -0.05) is 50.7 Å². The van der Waals surface area contributed by atoms with Crippen LogP contribution in [0.15, 0.2) is 41.3 Å². The van der Waals surface area contributed by atoms with E-state index in [-0.39, 0.29) is 29.2 Å². The molecule has 4 rings (SSSR count). The Morgan fingerprint density at radius 1 is 1.09 bits per heavy atom. The number of nitrogens with zero attached hydrogens (tertiary/aromatic N) is 4. The number of fused-ring (bicyclic) bond motifs is 1. The molecule has 35 heavy (non-hydrogen) atoms. The number of rotatable bonds is 8. The van der Waals surface area contributed by atoms with Gasteiger partial charge >= 0.3 is 0 Å². The van der Waals surface area contributed by atoms with Crippen LogP contribution >= 0.6 is 0 Å². The number of hydrogen-bond donors (Lipinski definition) is 1. The van der Waals surface area contributed by atoms with Crippen LogP contribution in [0.4, 0.5) is 5.69 Å². The van der Waals surface area contributed by atoms with Crippen LogP contribution < -0.4 is 10.2 Å². The van der Waals surface area contributed by atoms with Crippen LogP contribution in [0.25, 0.3) is 11.0 Å². The summed E-state index contributed by atoms with van der Waals surface area (Å²) in [7, 11) is -3.70. The number of anilines is 1. The van der Waals surface area contributed by atoms with E-state index in [1.165, 1.54) is 16.4 Å². The highest BCUT2D eigenvalue weighted by Crippen LogP contribution is 2.32. The molecule has 0 bridgehead atoms. The van der Waals surface area contributed by atoms with E-state index in [0.29, 0.717) is 37.3 Å². The van der Waals surface area contributed by atoms with Crippen molar-refractivity contribution < 1.29 is 22.8 Å². The van der Waals surface area contributed by atoms with Crippen LogP contribution in [-0.2, 0) is 19.6 Å². The molecule has 2 heterocycles. The van der Waals surface area contributed by atoms with Gasteiger partial charge in [-0.2, -0.15) is 4.31 Å². The number of carbonyl (C=O) groups excluding carboxylic acids is 1. The van der Waals surface area contributed by atoms with Gasteiger partial charge in [0.1, 0.15) is 11.0 Å². The summed E-state index contributed by atoms with van der Waals surface area (Å²) in [6.07, 6.45) is 0. The Morgan fingerprint density at radius 3 is 2.37 bits per heavy atom. The Morgan fingerprint density at radius 2 is 1.74 bits per heavy atom. The highest BCUT2D eigenvalue weighted by Gasteiger charge is 2.27. The summed E-state index contributed by atoms with van der Waals surface area (Å²) in [5, 5.41) is 10.9. The van der Waals surface area contributed by atoms with E-state index in [4.69, 9.17) is 9.57 Å². The van der Waals surface area contributed by atoms with Crippen molar-refractivity contribution in [2.75, 3.05) is 38.2 Å². The fourth-order valence-corrected chi connectivity index (χ4v) is 5.49. The molecule has 1 aliphatic heterocycles. The predicted octanol–water partition coefficient (Wildman–Crippen LogP) is 2.77. The van der Waals surface area contributed by atoms with Crippen molar-refractivity contribution in [1.82, 2.24) is 19.5 Å². The fraction of sp³-hybridized carbons (Fsp3) is 0.458. The van der Waals surface area contributed by atoms with Gasteiger partial charge in [0.25, 0.3) is 5.91 Å². The third-order valence-electron chi connectivity index (χ3n) is 5.95. The molecule has 0 saturated carbocycles. The SMILES string of the molecule is CC(C)c1cccc(C(C)C)c1NC(=O)COn1nnc2ccc(S(=O)(=O)N3CCOCC3)cc21. The van der Waals surface area contributed by atoms with Gasteiger partial charge in [-0.25, -0.2) is 8.42 Å². The Labute approximate surface area is 205 Å². The summed E-state index contributed by atoms with van der Waals surface area (Å²) in [4.78, 5) is 19.6. The molecule has 1 aliphatic rings. The number of morpholine rings is 1. The van der Waals surface area contributed by atoms with Crippen LogP contribution in [0.5, 0.6) is 0 Å². The lowest BCUT2D eigenvalue weighted by atomic mass is 9.92. The number of ether oxygens (including phenoxy) is 1. The molecular weight excluding hydrogens is 470 g/mol. The zero-order valence-corrected chi connectivity index (χ0v) is 21.2. The number of aromatic nitrogens is 3. The number of benzene rings is 2. The van der Waals surface area contributed by atoms with Crippen LogP contribution in [0.1, 0.15) is 50.7 Å². The number of amides is 1. The van der Waals surface area contributed by atoms with Crippen molar-refractivity contribution in [3.8, 4) is 0 Å². The smallest absolute Gasteiger partial charge is 0.265 e. The molecule has 1 fully saturated rings. The van der Waals surface area contributed by atoms with Gasteiger partial charge in [-0.05, 0) is 46.4 Å². The molecule has 1 saturated heterocycles. The summed E-state index contributed by atoms with van der Waals surface area (Å²) in [6.45, 7) is 9.31. The number of nitrogens with one attached hydrogen (secondary N) is 1. The Hall–Kier alpha value is -3.02. The van der Waals surface area contributed by atoms with Gasteiger partial charge in [0, 0.05) is 18.8 Å². The standard InChI is InChI=1S/C24H31N5O5S/c1-16(2)19-6-5-7-20(17(3)4)24(19)25-23(30)15-34-29-22-14-18(8-9-21(22)26-27-29)35(31,32)28-10-12-33-13-11-28/h5-9,14,16-17H,10-13,15H2,1-4H3,(H,25,30). The number of hydrogen-bond acceptors (Lipinski definition) is 7. The monoisotopic (exact) mass is 501 g/mol. The predicted molar refractivity (Wildman–Crippen MR) is 132 cm³/mol. The van der Waals surface area contributed by atoms with E-state index < -0.39 is 10.0 Å². The van der Waals surface area contributed by atoms with Crippen molar-refractivity contribution >= 4 is 32.7 Å². The van der Waals surface area contributed by atoms with E-state index >= 15 is 0 Å². The van der Waals surface area contributed by atoms with Gasteiger partial charge in [-0.3, -0.25) is 4.79 Å². The van der Waals surface area contributed by atoms with Gasteiger partial charge in [-0.15, -0.1) is 5.10 Å². The summed E-state index contributed by atoms with van der Waals surface area (Å²) in [6, 6.07) is 10.5. The largest absolute Gasteiger partial charge is 0.385 e. The van der Waals surface area contributed by atoms with E-state index in [9.17, 15) is 13.2 Å². The topological polar surface area (TPSA) is 116 Å². The van der Waals surface area contributed by atoms with Gasteiger partial charge in [0.05, 0.1) is 18.1 Å². The van der Waals surface area contributed by atoms with Crippen molar-refractivity contribution in [2.45, 2.75) is 44.4 Å². The van der Waals surface area contributed by atoms with Crippen LogP contribution in [0.2, 0.25) is 0 Å². The lowest BCUT2D eigenvalue weighted by Gasteiger charge is -2.26. The van der Waals surface area contributed by atoms with Gasteiger partial charge < -0.3 is 14.9 Å². The van der Waals surface area contributed by atoms with Crippen LogP contribution in [0.3, 0.4) is 0 Å². The summed E-state index contributed by atoms with van der Waals surface area (Å²) >= 11 is 0. The van der Waals surface area contributed by atoms with E-state index in [0.717, 1.165) is 21.7 Å². The highest BCUT2D eigenvalue weighted by atomic mass is 32.2. The van der Waals surface area contributed by atoms with E-state index in [1.54, 1.807) is 6.07 Å². The Kier molecular flexibility index (Phi) is 7.39. The van der Waals surface area contributed by atoms with Crippen LogP contribution in [-0.4, -0.2) is 66.7 Å². The maximum absolute atomic E-state index is 13.0. The van der Waals surface area contributed by atoms with Crippen molar-refractivity contribution in [1.29, 1.82) is 0 Å². The van der Waals surface area contributed by atoms with E-state index in [2.05, 4.69) is 43.3 Å². The molecule has 1 amide bonds. The summed E-state index contributed by atoms with van der Waals surface area (Å²) < 4.78 is 32.7. The maximum atomic E-state index is 13.0. The highest BCUT2D eigenvalue weighted by molar-refractivity contribution is 7.89. The molecule has 11 heteroatoms. The third-order valence-corrected chi connectivity index (χ3v) is 7.84. The van der Waals surface area contributed by atoms with Crippen LogP contribution in [0, 0.1) is 0 Å². The minimum atomic E-state index is -3.70. The molecule has 0 atom stereocenters. The third kappa shape index (κ3) is 5.31. The van der Waals surface area contributed by atoms with Gasteiger partial charge in [0.2, 0.25) is 10.0 Å². The quantitative estimate of drug-likeness (QED) is 0.505. The molecule has 10 nitrogen and oxygen atoms in total. The van der Waals surface area contributed by atoms with Crippen molar-refractivity contribution in [3.63, 3.8) is 0 Å². The van der Waals surface area contributed by atoms with Crippen molar-refractivity contribution in [3.05, 3.63) is 47.5 Å². The second-order valence-electron chi connectivity index (χ2n) is 9.07. The fourth-order valence-electron chi connectivity index (χ4n) is 4.06. The Bertz CT molecular complexity index is 1290. The molecule has 188 valence electrons. The minimum Gasteiger partial charge on any atom is -0.385 e. The normalized spacial score (nSPS) is 15.1. The van der Waals surface area contributed by atoms with Gasteiger partial charge in [0.15, 0.2) is 6.61 Å². The molecule has 3 aromatic rings. The second kappa shape index (κ2) is 10.3. The lowest BCUT2D eigenvalue weighted by Crippen LogP contribution is -2.40. The first-order valence-electron chi connectivity index (χ1n) is 11.7.